The van der Waals surface area contributed by atoms with Crippen LogP contribution in [0.25, 0.3) is 0 Å². The lowest BCUT2D eigenvalue weighted by molar-refractivity contribution is 0.156. The first-order chi connectivity index (χ1) is 11.6. The molecule has 0 radical (unpaired) electrons. The predicted molar refractivity (Wildman–Crippen MR) is 98.5 cm³/mol. The molecule has 4 nitrogen and oxygen atoms in total. The van der Waals surface area contributed by atoms with Crippen molar-refractivity contribution in [2.24, 2.45) is 0 Å². The summed E-state index contributed by atoms with van der Waals surface area (Å²) in [6, 6.07) is 3.99. The number of fused-ring (bicyclic) bond motifs is 1. The molecule has 2 unspecified atom stereocenters. The minimum atomic E-state index is -0.235. The molecular weight excluding hydrogens is 347 g/mol. The van der Waals surface area contributed by atoms with Crippen LogP contribution in [-0.4, -0.2) is 55.7 Å². The van der Waals surface area contributed by atoms with E-state index in [2.05, 4.69) is 9.80 Å². The van der Waals surface area contributed by atoms with Gasteiger partial charge in [-0.25, -0.2) is 0 Å². The Hall–Kier alpha value is -0.680. The highest BCUT2D eigenvalue weighted by Crippen LogP contribution is 2.42. The second kappa shape index (κ2) is 8.13. The Balaban J connectivity index is 1.74. The maximum absolute atomic E-state index is 6.78. The highest BCUT2D eigenvalue weighted by atomic mass is 35.5. The van der Waals surface area contributed by atoms with Gasteiger partial charge in [-0.05, 0) is 49.2 Å². The SMILES string of the molecule is COc1cc2c(cc1OC)C(Cl)N(CCN1CCCCC1)C(Cl)C2. The molecule has 0 amide bonds. The topological polar surface area (TPSA) is 24.9 Å². The van der Waals surface area contributed by atoms with Gasteiger partial charge in [0.1, 0.15) is 5.50 Å². The van der Waals surface area contributed by atoms with Crippen LogP contribution in [0.4, 0.5) is 0 Å². The average molecular weight is 373 g/mol. The van der Waals surface area contributed by atoms with E-state index in [0.29, 0.717) is 5.75 Å². The number of nitrogens with zero attached hydrogens (tertiary/aromatic N) is 2. The quantitative estimate of drug-likeness (QED) is 0.578. The van der Waals surface area contributed by atoms with Gasteiger partial charge in [0.25, 0.3) is 0 Å². The van der Waals surface area contributed by atoms with Crippen molar-refractivity contribution in [1.29, 1.82) is 0 Å². The van der Waals surface area contributed by atoms with Crippen molar-refractivity contribution in [3.05, 3.63) is 23.3 Å². The molecule has 0 N–H and O–H groups in total. The summed E-state index contributed by atoms with van der Waals surface area (Å²) in [5.41, 5.74) is 1.88. The van der Waals surface area contributed by atoms with E-state index in [9.17, 15) is 0 Å². The number of rotatable bonds is 5. The van der Waals surface area contributed by atoms with Crippen molar-refractivity contribution in [1.82, 2.24) is 9.80 Å². The van der Waals surface area contributed by atoms with E-state index in [1.54, 1.807) is 14.2 Å². The second-order valence-electron chi connectivity index (χ2n) is 6.52. The number of piperidine rings is 1. The zero-order valence-corrected chi connectivity index (χ0v) is 15.9. The van der Waals surface area contributed by atoms with Gasteiger partial charge in [0, 0.05) is 19.5 Å². The summed E-state index contributed by atoms with van der Waals surface area (Å²) < 4.78 is 10.8. The first-order valence-electron chi connectivity index (χ1n) is 8.65. The summed E-state index contributed by atoms with van der Waals surface area (Å²) >= 11 is 13.4. The molecule has 2 aliphatic heterocycles. The summed E-state index contributed by atoms with van der Waals surface area (Å²) in [7, 11) is 3.29. The van der Waals surface area contributed by atoms with Crippen LogP contribution in [0, 0.1) is 0 Å². The number of halogens is 2. The van der Waals surface area contributed by atoms with E-state index < -0.39 is 0 Å². The van der Waals surface area contributed by atoms with Gasteiger partial charge in [-0.3, -0.25) is 4.90 Å². The Bertz CT molecular complexity index is 564. The van der Waals surface area contributed by atoms with Crippen LogP contribution >= 0.6 is 23.2 Å². The fourth-order valence-corrected chi connectivity index (χ4v) is 4.52. The van der Waals surface area contributed by atoms with E-state index in [4.69, 9.17) is 32.7 Å². The van der Waals surface area contributed by atoms with Gasteiger partial charge >= 0.3 is 0 Å². The third-order valence-electron chi connectivity index (χ3n) is 5.06. The summed E-state index contributed by atoms with van der Waals surface area (Å²) in [4.78, 5) is 4.70. The van der Waals surface area contributed by atoms with E-state index in [1.807, 2.05) is 12.1 Å². The van der Waals surface area contributed by atoms with E-state index in [1.165, 1.54) is 32.4 Å². The van der Waals surface area contributed by atoms with Crippen LogP contribution in [-0.2, 0) is 6.42 Å². The van der Waals surface area contributed by atoms with Gasteiger partial charge < -0.3 is 14.4 Å². The third-order valence-corrected chi connectivity index (χ3v) is 5.96. The number of methoxy groups -OCH3 is 2. The lowest BCUT2D eigenvalue weighted by atomic mass is 9.98. The minimum Gasteiger partial charge on any atom is -0.493 e. The van der Waals surface area contributed by atoms with Gasteiger partial charge in [0.05, 0.1) is 19.7 Å². The van der Waals surface area contributed by atoms with E-state index in [0.717, 1.165) is 36.4 Å². The van der Waals surface area contributed by atoms with Crippen LogP contribution in [0.2, 0.25) is 0 Å². The Morgan fingerprint density at radius 1 is 1.00 bits per heavy atom. The maximum atomic E-state index is 6.78. The second-order valence-corrected chi connectivity index (χ2v) is 7.44. The Labute approximate surface area is 154 Å². The van der Waals surface area contributed by atoms with Gasteiger partial charge in [-0.15, -0.1) is 23.2 Å². The fourth-order valence-electron chi connectivity index (χ4n) is 3.65. The molecule has 2 heterocycles. The van der Waals surface area contributed by atoms with Crippen molar-refractivity contribution in [2.75, 3.05) is 40.4 Å². The number of likely N-dealkylation sites (tertiary alicyclic amines) is 1. The summed E-state index contributed by atoms with van der Waals surface area (Å²) in [6.07, 6.45) is 4.72. The molecule has 0 aliphatic carbocycles. The summed E-state index contributed by atoms with van der Waals surface area (Å²) in [6.45, 7) is 4.29. The van der Waals surface area contributed by atoms with Crippen LogP contribution < -0.4 is 9.47 Å². The zero-order chi connectivity index (χ0) is 17.1. The Morgan fingerprint density at radius 2 is 1.67 bits per heavy atom. The molecule has 0 aromatic heterocycles. The van der Waals surface area contributed by atoms with E-state index in [-0.39, 0.29) is 11.0 Å². The van der Waals surface area contributed by atoms with Crippen LogP contribution in [0.1, 0.15) is 35.9 Å². The largest absolute Gasteiger partial charge is 0.493 e. The molecule has 6 heteroatoms. The number of ether oxygens (including phenoxy) is 2. The molecule has 1 fully saturated rings. The molecule has 3 rings (SSSR count). The number of hydrogen-bond acceptors (Lipinski definition) is 4. The van der Waals surface area contributed by atoms with E-state index >= 15 is 0 Å². The number of alkyl halides is 2. The Kier molecular flexibility index (Phi) is 6.14. The van der Waals surface area contributed by atoms with Crippen molar-refractivity contribution >= 4 is 23.2 Å². The normalized spacial score (nSPS) is 25.3. The highest BCUT2D eigenvalue weighted by molar-refractivity contribution is 6.23. The fraction of sp³-hybridized carbons (Fsp3) is 0.667. The van der Waals surface area contributed by atoms with Crippen molar-refractivity contribution in [3.63, 3.8) is 0 Å². The van der Waals surface area contributed by atoms with Crippen LogP contribution in [0.5, 0.6) is 11.5 Å². The highest BCUT2D eigenvalue weighted by Gasteiger charge is 2.33. The molecule has 1 aromatic carbocycles. The van der Waals surface area contributed by atoms with Gasteiger partial charge in [0.2, 0.25) is 0 Å². The average Bonchev–Trinajstić information content (AvgIpc) is 2.61. The lowest BCUT2D eigenvalue weighted by Crippen LogP contribution is -2.44. The summed E-state index contributed by atoms with van der Waals surface area (Å²) in [5, 5.41) is 0. The van der Waals surface area contributed by atoms with Crippen molar-refractivity contribution in [2.45, 2.75) is 36.7 Å². The number of benzene rings is 1. The number of hydrogen-bond donors (Lipinski definition) is 0. The molecule has 1 saturated heterocycles. The lowest BCUT2D eigenvalue weighted by Gasteiger charge is -2.39. The minimum absolute atomic E-state index is 0.0945. The maximum Gasteiger partial charge on any atom is 0.161 e. The standard InChI is InChI=1S/C18H26Cl2N2O2/c1-23-15-10-13-11-17(19)22(9-8-21-6-4-3-5-7-21)18(20)14(13)12-16(15)24-2/h10,12,17-18H,3-9,11H2,1-2H3. The molecule has 0 spiro atoms. The molecule has 0 bridgehead atoms. The van der Waals surface area contributed by atoms with Gasteiger partial charge in [0.15, 0.2) is 11.5 Å². The molecular formula is C18H26Cl2N2O2. The van der Waals surface area contributed by atoms with Crippen molar-refractivity contribution in [3.8, 4) is 11.5 Å². The van der Waals surface area contributed by atoms with Gasteiger partial charge in [-0.2, -0.15) is 0 Å². The van der Waals surface area contributed by atoms with Gasteiger partial charge in [-0.1, -0.05) is 6.42 Å². The smallest absolute Gasteiger partial charge is 0.161 e. The predicted octanol–water partition coefficient (Wildman–Crippen LogP) is 3.85. The first kappa shape index (κ1) is 18.1. The van der Waals surface area contributed by atoms with Crippen molar-refractivity contribution < 1.29 is 9.47 Å². The zero-order valence-electron chi connectivity index (χ0n) is 14.4. The molecule has 24 heavy (non-hydrogen) atoms. The van der Waals surface area contributed by atoms with Crippen LogP contribution in [0.3, 0.4) is 0 Å². The Morgan fingerprint density at radius 3 is 2.33 bits per heavy atom. The molecule has 0 saturated carbocycles. The molecule has 2 aliphatic rings. The first-order valence-corrected chi connectivity index (χ1v) is 9.52. The molecule has 2 atom stereocenters. The monoisotopic (exact) mass is 372 g/mol. The van der Waals surface area contributed by atoms with Crippen LogP contribution in [0.15, 0.2) is 12.1 Å². The molecule has 1 aromatic rings. The third kappa shape index (κ3) is 3.77. The summed E-state index contributed by atoms with van der Waals surface area (Å²) in [5.74, 6) is 1.44. The molecule has 134 valence electrons.